The number of carbonyl (C=O) groups is 2. The fraction of sp³-hybridized carbons (Fsp3) is 0.846. The first kappa shape index (κ1) is 15.0. The molecule has 1 saturated heterocycles. The summed E-state index contributed by atoms with van der Waals surface area (Å²) in [5.41, 5.74) is 0. The minimum Gasteiger partial charge on any atom is -0.481 e. The van der Waals surface area contributed by atoms with Crippen molar-refractivity contribution in [2.24, 2.45) is 11.8 Å². The highest BCUT2D eigenvalue weighted by molar-refractivity contribution is 5.77. The van der Waals surface area contributed by atoms with E-state index in [4.69, 9.17) is 9.84 Å². The SMILES string of the molecule is CC(CNC(=O)CCCC1CCOCC1)C(=O)O. The molecule has 1 unspecified atom stereocenters. The number of carboxylic acid groups (broad SMARTS) is 1. The van der Waals surface area contributed by atoms with Crippen LogP contribution in [0.15, 0.2) is 0 Å². The molecule has 2 N–H and O–H groups in total. The van der Waals surface area contributed by atoms with E-state index in [1.165, 1.54) is 0 Å². The average Bonchev–Trinajstić information content (AvgIpc) is 2.37. The Morgan fingerprint density at radius 3 is 2.67 bits per heavy atom. The van der Waals surface area contributed by atoms with E-state index in [0.29, 0.717) is 12.3 Å². The van der Waals surface area contributed by atoms with Gasteiger partial charge in [0.15, 0.2) is 0 Å². The standard InChI is InChI=1S/C13H23NO4/c1-10(13(16)17)9-14-12(15)4-2-3-11-5-7-18-8-6-11/h10-11H,2-9H2,1H3,(H,14,15)(H,16,17). The molecule has 1 aliphatic rings. The molecule has 0 saturated carbocycles. The highest BCUT2D eigenvalue weighted by atomic mass is 16.5. The number of hydrogen-bond donors (Lipinski definition) is 2. The molecule has 1 amide bonds. The topological polar surface area (TPSA) is 75.6 Å². The molecule has 5 heteroatoms. The van der Waals surface area contributed by atoms with Crippen molar-refractivity contribution in [3.05, 3.63) is 0 Å². The normalized spacial score (nSPS) is 18.3. The van der Waals surface area contributed by atoms with Crippen LogP contribution in [0.3, 0.4) is 0 Å². The summed E-state index contributed by atoms with van der Waals surface area (Å²) in [5, 5.41) is 11.3. The van der Waals surface area contributed by atoms with Gasteiger partial charge in [-0.25, -0.2) is 0 Å². The second-order valence-electron chi connectivity index (χ2n) is 4.99. The molecule has 0 aromatic carbocycles. The quantitative estimate of drug-likeness (QED) is 0.723. The minimum absolute atomic E-state index is 0.0461. The number of nitrogens with one attached hydrogen (secondary N) is 1. The van der Waals surface area contributed by atoms with Crippen molar-refractivity contribution < 1.29 is 19.4 Å². The second kappa shape index (κ2) is 8.08. The predicted octanol–water partition coefficient (Wildman–Crippen LogP) is 1.42. The van der Waals surface area contributed by atoms with Crippen LogP contribution < -0.4 is 5.32 Å². The van der Waals surface area contributed by atoms with E-state index in [2.05, 4.69) is 5.32 Å². The number of amides is 1. The summed E-state index contributed by atoms with van der Waals surface area (Å²) < 4.78 is 5.28. The first-order chi connectivity index (χ1) is 8.59. The van der Waals surface area contributed by atoms with E-state index in [9.17, 15) is 9.59 Å². The summed E-state index contributed by atoms with van der Waals surface area (Å²) in [4.78, 5) is 22.1. The lowest BCUT2D eigenvalue weighted by atomic mass is 9.94. The van der Waals surface area contributed by atoms with Gasteiger partial charge in [-0.3, -0.25) is 9.59 Å². The maximum absolute atomic E-state index is 11.5. The molecule has 0 aromatic heterocycles. The lowest BCUT2D eigenvalue weighted by Gasteiger charge is -2.21. The van der Waals surface area contributed by atoms with Crippen LogP contribution in [0.5, 0.6) is 0 Å². The van der Waals surface area contributed by atoms with E-state index in [1.807, 2.05) is 0 Å². The molecular formula is C13H23NO4. The molecule has 0 aliphatic carbocycles. The molecule has 18 heavy (non-hydrogen) atoms. The predicted molar refractivity (Wildman–Crippen MR) is 67.2 cm³/mol. The van der Waals surface area contributed by atoms with Gasteiger partial charge in [0.05, 0.1) is 5.92 Å². The van der Waals surface area contributed by atoms with Crippen LogP contribution in [0.2, 0.25) is 0 Å². The molecule has 0 radical (unpaired) electrons. The largest absolute Gasteiger partial charge is 0.481 e. The van der Waals surface area contributed by atoms with Crippen LogP contribution in [-0.4, -0.2) is 36.7 Å². The maximum atomic E-state index is 11.5. The Morgan fingerprint density at radius 1 is 1.39 bits per heavy atom. The van der Waals surface area contributed by atoms with Gasteiger partial charge < -0.3 is 15.2 Å². The first-order valence-corrected chi connectivity index (χ1v) is 6.67. The maximum Gasteiger partial charge on any atom is 0.308 e. The van der Waals surface area contributed by atoms with Crippen LogP contribution in [0, 0.1) is 11.8 Å². The third-order valence-corrected chi connectivity index (χ3v) is 3.38. The molecule has 104 valence electrons. The molecule has 0 spiro atoms. The lowest BCUT2D eigenvalue weighted by molar-refractivity contribution is -0.141. The molecule has 1 atom stereocenters. The summed E-state index contributed by atoms with van der Waals surface area (Å²) in [6, 6.07) is 0. The molecular weight excluding hydrogens is 234 g/mol. The van der Waals surface area contributed by atoms with E-state index in [1.54, 1.807) is 6.92 Å². The van der Waals surface area contributed by atoms with Gasteiger partial charge in [0.25, 0.3) is 0 Å². The number of carbonyl (C=O) groups excluding carboxylic acids is 1. The number of hydrogen-bond acceptors (Lipinski definition) is 3. The number of aliphatic carboxylic acids is 1. The van der Waals surface area contributed by atoms with Crippen LogP contribution in [0.4, 0.5) is 0 Å². The minimum atomic E-state index is -0.877. The van der Waals surface area contributed by atoms with Crippen molar-refractivity contribution >= 4 is 11.9 Å². The fourth-order valence-electron chi connectivity index (χ4n) is 2.03. The number of rotatable bonds is 7. The van der Waals surface area contributed by atoms with E-state index < -0.39 is 11.9 Å². The third kappa shape index (κ3) is 6.00. The first-order valence-electron chi connectivity index (χ1n) is 6.67. The van der Waals surface area contributed by atoms with Gasteiger partial charge in [-0.05, 0) is 31.6 Å². The zero-order chi connectivity index (χ0) is 13.4. The van der Waals surface area contributed by atoms with Crippen molar-refractivity contribution in [3.63, 3.8) is 0 Å². The molecule has 1 heterocycles. The molecule has 0 bridgehead atoms. The smallest absolute Gasteiger partial charge is 0.308 e. The highest BCUT2D eigenvalue weighted by Crippen LogP contribution is 2.20. The molecule has 1 fully saturated rings. The van der Waals surface area contributed by atoms with Gasteiger partial charge in [-0.15, -0.1) is 0 Å². The van der Waals surface area contributed by atoms with Crippen LogP contribution >= 0.6 is 0 Å². The van der Waals surface area contributed by atoms with Gasteiger partial charge in [0.2, 0.25) is 5.91 Å². The van der Waals surface area contributed by atoms with Gasteiger partial charge >= 0.3 is 5.97 Å². The van der Waals surface area contributed by atoms with Crippen molar-refractivity contribution in [2.45, 2.75) is 39.0 Å². The van der Waals surface area contributed by atoms with Gasteiger partial charge in [-0.2, -0.15) is 0 Å². The van der Waals surface area contributed by atoms with Crippen LogP contribution in [0.1, 0.15) is 39.0 Å². The zero-order valence-corrected chi connectivity index (χ0v) is 11.0. The average molecular weight is 257 g/mol. The van der Waals surface area contributed by atoms with Crippen molar-refractivity contribution in [1.82, 2.24) is 5.32 Å². The Bertz CT molecular complexity index is 274. The Morgan fingerprint density at radius 2 is 2.06 bits per heavy atom. The van der Waals surface area contributed by atoms with E-state index in [0.717, 1.165) is 38.9 Å². The van der Waals surface area contributed by atoms with Gasteiger partial charge in [-0.1, -0.05) is 6.92 Å². The monoisotopic (exact) mass is 257 g/mol. The van der Waals surface area contributed by atoms with Gasteiger partial charge in [0.1, 0.15) is 0 Å². The van der Waals surface area contributed by atoms with Crippen molar-refractivity contribution in [3.8, 4) is 0 Å². The fourth-order valence-corrected chi connectivity index (χ4v) is 2.03. The zero-order valence-electron chi connectivity index (χ0n) is 11.0. The number of ether oxygens (including phenoxy) is 1. The van der Waals surface area contributed by atoms with E-state index >= 15 is 0 Å². The summed E-state index contributed by atoms with van der Waals surface area (Å²) in [7, 11) is 0. The third-order valence-electron chi connectivity index (χ3n) is 3.38. The molecule has 5 nitrogen and oxygen atoms in total. The Hall–Kier alpha value is -1.10. The summed E-state index contributed by atoms with van der Waals surface area (Å²) in [6.45, 7) is 3.48. The molecule has 0 aromatic rings. The Labute approximate surface area is 108 Å². The van der Waals surface area contributed by atoms with Crippen molar-refractivity contribution in [1.29, 1.82) is 0 Å². The summed E-state index contributed by atoms with van der Waals surface area (Å²) in [5.74, 6) is -0.762. The highest BCUT2D eigenvalue weighted by Gasteiger charge is 2.15. The lowest BCUT2D eigenvalue weighted by Crippen LogP contribution is -2.31. The van der Waals surface area contributed by atoms with E-state index in [-0.39, 0.29) is 12.5 Å². The summed E-state index contributed by atoms with van der Waals surface area (Å²) >= 11 is 0. The van der Waals surface area contributed by atoms with Crippen LogP contribution in [0.25, 0.3) is 0 Å². The molecule has 1 aliphatic heterocycles. The second-order valence-corrected chi connectivity index (χ2v) is 4.99. The Balaban J connectivity index is 2.04. The number of carboxylic acids is 1. The summed E-state index contributed by atoms with van der Waals surface area (Å²) in [6.07, 6.45) is 4.61. The Kier molecular flexibility index (Phi) is 6.72. The van der Waals surface area contributed by atoms with Gasteiger partial charge in [0, 0.05) is 26.2 Å². The molecule has 1 rings (SSSR count). The van der Waals surface area contributed by atoms with Crippen LogP contribution in [-0.2, 0) is 14.3 Å². The van der Waals surface area contributed by atoms with Crippen molar-refractivity contribution in [2.75, 3.05) is 19.8 Å².